The molecule has 100 valence electrons. The first-order chi connectivity index (χ1) is 8.20. The number of carboxylic acid groups (broad SMARTS) is 1. The number of pyridine rings is 1. The van der Waals surface area contributed by atoms with Gasteiger partial charge in [-0.15, -0.1) is 0 Å². The highest BCUT2D eigenvalue weighted by atomic mass is 32.2. The van der Waals surface area contributed by atoms with Crippen LogP contribution in [0.4, 0.5) is 5.82 Å². The standard InChI is InChI=1S/C11H16N2O4S/c1-4-11(2,10(14)15)13-9-8(18(3,16)17)6-5-7-12-9/h5-7H,4H2,1-3H3,(H,12,13)(H,14,15). The number of hydrogen-bond acceptors (Lipinski definition) is 5. The summed E-state index contributed by atoms with van der Waals surface area (Å²) in [5, 5.41) is 11.8. The average molecular weight is 272 g/mol. The monoisotopic (exact) mass is 272 g/mol. The van der Waals surface area contributed by atoms with E-state index in [0.29, 0.717) is 6.42 Å². The third-order valence-electron chi connectivity index (χ3n) is 2.74. The van der Waals surface area contributed by atoms with Crippen molar-refractivity contribution in [3.63, 3.8) is 0 Å². The number of aromatic nitrogens is 1. The average Bonchev–Trinajstić information content (AvgIpc) is 2.28. The zero-order valence-electron chi connectivity index (χ0n) is 10.5. The number of nitrogens with one attached hydrogen (secondary N) is 1. The van der Waals surface area contributed by atoms with Gasteiger partial charge in [-0.1, -0.05) is 6.92 Å². The van der Waals surface area contributed by atoms with Crippen LogP contribution >= 0.6 is 0 Å². The fourth-order valence-corrected chi connectivity index (χ4v) is 2.12. The fraction of sp³-hybridized carbons (Fsp3) is 0.455. The Labute approximate surface area is 106 Å². The fourth-order valence-electron chi connectivity index (χ4n) is 1.34. The van der Waals surface area contributed by atoms with Crippen molar-refractivity contribution in [3.05, 3.63) is 18.3 Å². The molecule has 1 aromatic rings. The Bertz CT molecular complexity index is 556. The molecule has 0 radical (unpaired) electrons. The van der Waals surface area contributed by atoms with Gasteiger partial charge in [0, 0.05) is 12.5 Å². The summed E-state index contributed by atoms with van der Waals surface area (Å²) in [4.78, 5) is 15.1. The van der Waals surface area contributed by atoms with Crippen LogP contribution in [0.3, 0.4) is 0 Å². The van der Waals surface area contributed by atoms with Crippen molar-refractivity contribution in [2.45, 2.75) is 30.7 Å². The van der Waals surface area contributed by atoms with Crippen LogP contribution in [0, 0.1) is 0 Å². The van der Waals surface area contributed by atoms with E-state index in [0.717, 1.165) is 6.26 Å². The van der Waals surface area contributed by atoms with Crippen LogP contribution in [0.25, 0.3) is 0 Å². The van der Waals surface area contributed by atoms with Crippen molar-refractivity contribution in [1.82, 2.24) is 4.98 Å². The van der Waals surface area contributed by atoms with Gasteiger partial charge in [0.2, 0.25) is 0 Å². The molecule has 1 heterocycles. The molecule has 0 aromatic carbocycles. The van der Waals surface area contributed by atoms with Gasteiger partial charge in [0.05, 0.1) is 0 Å². The van der Waals surface area contributed by atoms with E-state index < -0.39 is 21.3 Å². The minimum Gasteiger partial charge on any atom is -0.480 e. The first-order valence-corrected chi connectivity index (χ1v) is 7.26. The van der Waals surface area contributed by atoms with E-state index in [-0.39, 0.29) is 10.7 Å². The molecule has 2 N–H and O–H groups in total. The lowest BCUT2D eigenvalue weighted by Crippen LogP contribution is -2.43. The second-order valence-corrected chi connectivity index (χ2v) is 6.22. The van der Waals surface area contributed by atoms with Gasteiger partial charge in [0.1, 0.15) is 16.3 Å². The van der Waals surface area contributed by atoms with E-state index in [9.17, 15) is 13.2 Å². The molecule has 0 saturated carbocycles. The zero-order chi connectivity index (χ0) is 14.0. The molecule has 7 heteroatoms. The predicted octanol–water partition coefficient (Wildman–Crippen LogP) is 1.15. The number of carboxylic acids is 1. The lowest BCUT2D eigenvalue weighted by molar-refractivity contribution is -0.141. The summed E-state index contributed by atoms with van der Waals surface area (Å²) in [5.41, 5.74) is -1.26. The van der Waals surface area contributed by atoms with E-state index in [1.54, 1.807) is 6.92 Å². The molecule has 1 rings (SSSR count). The number of nitrogens with zero attached hydrogens (tertiary/aromatic N) is 1. The smallest absolute Gasteiger partial charge is 0.329 e. The summed E-state index contributed by atoms with van der Waals surface area (Å²) in [5.74, 6) is -0.998. The minimum absolute atomic E-state index is 0.00840. The Morgan fingerprint density at radius 1 is 1.56 bits per heavy atom. The maximum atomic E-state index is 11.6. The summed E-state index contributed by atoms with van der Waals surface area (Å²) < 4.78 is 23.1. The van der Waals surface area contributed by atoms with Gasteiger partial charge < -0.3 is 10.4 Å². The number of rotatable bonds is 5. The number of hydrogen-bond donors (Lipinski definition) is 2. The van der Waals surface area contributed by atoms with Crippen LogP contribution in [-0.2, 0) is 14.6 Å². The molecular weight excluding hydrogens is 256 g/mol. The molecule has 0 bridgehead atoms. The Morgan fingerprint density at radius 3 is 2.61 bits per heavy atom. The highest BCUT2D eigenvalue weighted by molar-refractivity contribution is 7.90. The summed E-state index contributed by atoms with van der Waals surface area (Å²) in [7, 11) is -3.46. The van der Waals surface area contributed by atoms with E-state index in [1.165, 1.54) is 25.3 Å². The molecule has 0 aliphatic heterocycles. The number of carbonyl (C=O) groups is 1. The van der Waals surface area contributed by atoms with E-state index in [2.05, 4.69) is 10.3 Å². The lowest BCUT2D eigenvalue weighted by atomic mass is 9.99. The molecular formula is C11H16N2O4S. The third kappa shape index (κ3) is 2.98. The molecule has 0 saturated heterocycles. The number of sulfone groups is 1. The van der Waals surface area contributed by atoms with Gasteiger partial charge in [-0.25, -0.2) is 18.2 Å². The van der Waals surface area contributed by atoms with Crippen LogP contribution < -0.4 is 5.32 Å². The van der Waals surface area contributed by atoms with Gasteiger partial charge in [0.25, 0.3) is 0 Å². The van der Waals surface area contributed by atoms with Crippen LogP contribution in [0.2, 0.25) is 0 Å². The van der Waals surface area contributed by atoms with Crippen LogP contribution in [0.15, 0.2) is 23.2 Å². The molecule has 0 aliphatic carbocycles. The van der Waals surface area contributed by atoms with E-state index in [1.807, 2.05) is 0 Å². The first-order valence-electron chi connectivity index (χ1n) is 5.37. The normalized spacial score (nSPS) is 14.8. The van der Waals surface area contributed by atoms with Gasteiger partial charge in [-0.3, -0.25) is 0 Å². The molecule has 1 atom stereocenters. The lowest BCUT2D eigenvalue weighted by Gasteiger charge is -2.26. The summed E-state index contributed by atoms with van der Waals surface area (Å²) in [6.07, 6.45) is 2.76. The zero-order valence-corrected chi connectivity index (χ0v) is 11.3. The quantitative estimate of drug-likeness (QED) is 0.834. The Kier molecular flexibility index (Phi) is 3.95. The Balaban J connectivity index is 3.24. The SMILES string of the molecule is CCC(C)(Nc1ncccc1S(C)(=O)=O)C(=O)O. The maximum Gasteiger partial charge on any atom is 0.329 e. The van der Waals surface area contributed by atoms with Gasteiger partial charge in [0.15, 0.2) is 9.84 Å². The van der Waals surface area contributed by atoms with Crippen molar-refractivity contribution >= 4 is 21.6 Å². The number of anilines is 1. The largest absolute Gasteiger partial charge is 0.480 e. The van der Waals surface area contributed by atoms with Gasteiger partial charge in [-0.05, 0) is 25.5 Å². The van der Waals surface area contributed by atoms with Crippen molar-refractivity contribution < 1.29 is 18.3 Å². The molecule has 18 heavy (non-hydrogen) atoms. The second kappa shape index (κ2) is 4.93. The van der Waals surface area contributed by atoms with Crippen LogP contribution in [-0.4, -0.2) is 36.3 Å². The molecule has 0 spiro atoms. The van der Waals surface area contributed by atoms with Crippen LogP contribution in [0.5, 0.6) is 0 Å². The van der Waals surface area contributed by atoms with Crippen LogP contribution in [0.1, 0.15) is 20.3 Å². The molecule has 1 unspecified atom stereocenters. The molecule has 0 fully saturated rings. The van der Waals surface area contributed by atoms with Crippen molar-refractivity contribution in [3.8, 4) is 0 Å². The molecule has 1 aromatic heterocycles. The van der Waals surface area contributed by atoms with E-state index >= 15 is 0 Å². The highest BCUT2D eigenvalue weighted by Crippen LogP contribution is 2.23. The minimum atomic E-state index is -3.46. The van der Waals surface area contributed by atoms with E-state index in [4.69, 9.17) is 5.11 Å². The predicted molar refractivity (Wildman–Crippen MR) is 67.3 cm³/mol. The second-order valence-electron chi connectivity index (χ2n) is 4.24. The summed E-state index contributed by atoms with van der Waals surface area (Å²) in [6, 6.07) is 2.88. The topological polar surface area (TPSA) is 96.4 Å². The first kappa shape index (κ1) is 14.4. The van der Waals surface area contributed by atoms with Gasteiger partial charge >= 0.3 is 5.97 Å². The molecule has 0 aliphatic rings. The Hall–Kier alpha value is -1.63. The third-order valence-corrected chi connectivity index (χ3v) is 3.87. The number of aliphatic carboxylic acids is 1. The summed E-state index contributed by atoms with van der Waals surface area (Å²) >= 11 is 0. The van der Waals surface area contributed by atoms with Gasteiger partial charge in [-0.2, -0.15) is 0 Å². The Morgan fingerprint density at radius 2 is 2.17 bits per heavy atom. The van der Waals surface area contributed by atoms with Crippen molar-refractivity contribution in [1.29, 1.82) is 0 Å². The molecule has 0 amide bonds. The van der Waals surface area contributed by atoms with Crippen molar-refractivity contribution in [2.75, 3.05) is 11.6 Å². The molecule has 6 nitrogen and oxygen atoms in total. The van der Waals surface area contributed by atoms with Crippen molar-refractivity contribution in [2.24, 2.45) is 0 Å². The summed E-state index contributed by atoms with van der Waals surface area (Å²) in [6.45, 7) is 3.18. The maximum absolute atomic E-state index is 11.6. The highest BCUT2D eigenvalue weighted by Gasteiger charge is 2.32.